The molecule has 0 unspecified atom stereocenters. The van der Waals surface area contributed by atoms with Crippen LogP contribution >= 0.6 is 11.5 Å². The number of allylic oxidation sites excluding steroid dienone is 1. The second-order valence-electron chi connectivity index (χ2n) is 4.17. The molecule has 0 fully saturated rings. The van der Waals surface area contributed by atoms with E-state index < -0.39 is 0 Å². The third-order valence-corrected chi connectivity index (χ3v) is 3.77. The number of rotatable bonds is 4. The quantitative estimate of drug-likeness (QED) is 0.803. The summed E-state index contributed by atoms with van der Waals surface area (Å²) in [5, 5.41) is 13.0. The number of hydrogen-bond donors (Lipinski definition) is 2. The molecule has 3 N–H and O–H groups in total. The van der Waals surface area contributed by atoms with E-state index in [1.54, 1.807) is 0 Å². The summed E-state index contributed by atoms with van der Waals surface area (Å²) < 4.78 is 3.97. The molecule has 4 nitrogen and oxygen atoms in total. The zero-order valence-electron chi connectivity index (χ0n) is 9.70. The Kier molecular flexibility index (Phi) is 3.99. The monoisotopic (exact) mass is 248 g/mol. The fourth-order valence-electron chi connectivity index (χ4n) is 2.00. The van der Waals surface area contributed by atoms with E-state index in [0.717, 1.165) is 18.0 Å². The van der Waals surface area contributed by atoms with Gasteiger partial charge >= 0.3 is 0 Å². The van der Waals surface area contributed by atoms with Gasteiger partial charge in [-0.3, -0.25) is 0 Å². The molecule has 5 heteroatoms. The predicted molar refractivity (Wildman–Crippen MR) is 70.9 cm³/mol. The summed E-state index contributed by atoms with van der Waals surface area (Å²) >= 11 is 1.26. The van der Waals surface area contributed by atoms with Crippen LogP contribution in [-0.2, 0) is 0 Å². The van der Waals surface area contributed by atoms with Crippen LogP contribution in [0.5, 0.6) is 0 Å². The molecule has 0 atom stereocenters. The molecule has 0 aromatic carbocycles. The van der Waals surface area contributed by atoms with Crippen molar-refractivity contribution in [3.8, 4) is 6.07 Å². The standard InChI is InChI=1S/C12H16N4S/c13-8-10-11(14)16-17-12(10)15-7-6-9-4-2-1-3-5-9/h4,15H,1-3,5-7H2,(H2,14,16). The normalized spacial score (nSPS) is 15.1. The molecule has 0 amide bonds. The first-order chi connectivity index (χ1) is 8.31. The molecule has 0 saturated heterocycles. The maximum absolute atomic E-state index is 8.92. The summed E-state index contributed by atoms with van der Waals surface area (Å²) in [6.07, 6.45) is 8.45. The lowest BCUT2D eigenvalue weighted by Gasteiger charge is -2.12. The minimum Gasteiger partial charge on any atom is -0.382 e. The highest BCUT2D eigenvalue weighted by atomic mass is 32.1. The number of nitrogens with two attached hydrogens (primary N) is 1. The largest absolute Gasteiger partial charge is 0.382 e. The van der Waals surface area contributed by atoms with Gasteiger partial charge < -0.3 is 11.1 Å². The van der Waals surface area contributed by atoms with Gasteiger partial charge in [0.05, 0.1) is 0 Å². The van der Waals surface area contributed by atoms with Crippen LogP contribution in [0.15, 0.2) is 11.6 Å². The fourth-order valence-corrected chi connectivity index (χ4v) is 2.69. The van der Waals surface area contributed by atoms with Crippen LogP contribution < -0.4 is 11.1 Å². The van der Waals surface area contributed by atoms with E-state index in [1.165, 1.54) is 42.8 Å². The summed E-state index contributed by atoms with van der Waals surface area (Å²) in [6.45, 7) is 0.849. The van der Waals surface area contributed by atoms with Gasteiger partial charge in [0.25, 0.3) is 0 Å². The Bertz CT molecular complexity index is 456. The number of anilines is 2. The van der Waals surface area contributed by atoms with Crippen molar-refractivity contribution in [2.75, 3.05) is 17.6 Å². The van der Waals surface area contributed by atoms with E-state index in [2.05, 4.69) is 21.8 Å². The van der Waals surface area contributed by atoms with Gasteiger partial charge in [-0.05, 0) is 43.6 Å². The van der Waals surface area contributed by atoms with Crippen LogP contribution in [0, 0.1) is 11.3 Å². The zero-order chi connectivity index (χ0) is 12.1. The molecule has 2 rings (SSSR count). The Morgan fingerprint density at radius 2 is 2.41 bits per heavy atom. The van der Waals surface area contributed by atoms with Crippen LogP contribution in [0.2, 0.25) is 0 Å². The highest BCUT2D eigenvalue weighted by molar-refractivity contribution is 7.10. The van der Waals surface area contributed by atoms with E-state index in [1.807, 2.05) is 0 Å². The SMILES string of the molecule is N#Cc1c(N)nsc1NCCC1=CCCCC1. The average molecular weight is 248 g/mol. The molecule has 0 aliphatic heterocycles. The third kappa shape index (κ3) is 2.98. The Hall–Kier alpha value is -1.54. The lowest BCUT2D eigenvalue weighted by Crippen LogP contribution is -2.04. The van der Waals surface area contributed by atoms with Gasteiger partial charge in [0, 0.05) is 6.54 Å². The van der Waals surface area contributed by atoms with Crippen LogP contribution in [0.1, 0.15) is 37.7 Å². The lowest BCUT2D eigenvalue weighted by atomic mass is 9.97. The molecule has 0 bridgehead atoms. The van der Waals surface area contributed by atoms with Crippen LogP contribution in [0.4, 0.5) is 10.8 Å². The Labute approximate surface area is 105 Å². The van der Waals surface area contributed by atoms with E-state index in [0.29, 0.717) is 11.4 Å². The summed E-state index contributed by atoms with van der Waals surface area (Å²) in [6, 6.07) is 2.08. The van der Waals surface area contributed by atoms with Crippen molar-refractivity contribution in [1.29, 1.82) is 5.26 Å². The summed E-state index contributed by atoms with van der Waals surface area (Å²) in [7, 11) is 0. The number of nitrogens with zero attached hydrogens (tertiary/aromatic N) is 2. The number of aromatic nitrogens is 1. The minimum absolute atomic E-state index is 0.330. The summed E-state index contributed by atoms with van der Waals surface area (Å²) in [5.41, 5.74) is 7.60. The summed E-state index contributed by atoms with van der Waals surface area (Å²) in [5.74, 6) is 0.330. The minimum atomic E-state index is 0.330. The first-order valence-corrected chi connectivity index (χ1v) is 6.65. The van der Waals surface area contributed by atoms with Crippen molar-refractivity contribution in [2.45, 2.75) is 32.1 Å². The molecule has 1 aliphatic carbocycles. The number of hydrogen-bond acceptors (Lipinski definition) is 5. The second kappa shape index (κ2) is 5.69. The highest BCUT2D eigenvalue weighted by Gasteiger charge is 2.10. The van der Waals surface area contributed by atoms with Crippen LogP contribution in [0.25, 0.3) is 0 Å². The van der Waals surface area contributed by atoms with Crippen molar-refractivity contribution in [2.24, 2.45) is 0 Å². The second-order valence-corrected chi connectivity index (χ2v) is 4.94. The Morgan fingerprint density at radius 1 is 1.53 bits per heavy atom. The van der Waals surface area contributed by atoms with Gasteiger partial charge in [0.1, 0.15) is 16.6 Å². The van der Waals surface area contributed by atoms with E-state index in [9.17, 15) is 0 Å². The maximum atomic E-state index is 8.92. The molecular weight excluding hydrogens is 232 g/mol. The smallest absolute Gasteiger partial charge is 0.157 e. The molecule has 1 aromatic heterocycles. The molecule has 1 aliphatic rings. The number of nitrogen functional groups attached to an aromatic ring is 1. The van der Waals surface area contributed by atoms with Gasteiger partial charge in [-0.1, -0.05) is 11.6 Å². The molecule has 17 heavy (non-hydrogen) atoms. The van der Waals surface area contributed by atoms with Gasteiger partial charge in [-0.15, -0.1) is 0 Å². The fraction of sp³-hybridized carbons (Fsp3) is 0.500. The van der Waals surface area contributed by atoms with Crippen molar-refractivity contribution in [1.82, 2.24) is 4.37 Å². The molecule has 90 valence electrons. The van der Waals surface area contributed by atoms with Crippen molar-refractivity contribution in [3.63, 3.8) is 0 Å². The Morgan fingerprint density at radius 3 is 3.12 bits per heavy atom. The van der Waals surface area contributed by atoms with Gasteiger partial charge in [-0.2, -0.15) is 9.64 Å². The van der Waals surface area contributed by atoms with Crippen LogP contribution in [-0.4, -0.2) is 10.9 Å². The van der Waals surface area contributed by atoms with E-state index >= 15 is 0 Å². The molecule has 0 saturated carbocycles. The zero-order valence-corrected chi connectivity index (χ0v) is 10.5. The predicted octanol–water partition coefficient (Wildman–Crippen LogP) is 2.90. The number of nitriles is 1. The van der Waals surface area contributed by atoms with Crippen molar-refractivity contribution >= 4 is 22.4 Å². The third-order valence-electron chi connectivity index (χ3n) is 2.95. The van der Waals surface area contributed by atoms with Gasteiger partial charge in [0.2, 0.25) is 0 Å². The average Bonchev–Trinajstić information content (AvgIpc) is 2.71. The first-order valence-electron chi connectivity index (χ1n) is 5.88. The van der Waals surface area contributed by atoms with Crippen LogP contribution in [0.3, 0.4) is 0 Å². The van der Waals surface area contributed by atoms with E-state index in [-0.39, 0.29) is 0 Å². The van der Waals surface area contributed by atoms with Crippen molar-refractivity contribution < 1.29 is 0 Å². The summed E-state index contributed by atoms with van der Waals surface area (Å²) in [4.78, 5) is 0. The molecular formula is C12H16N4S. The lowest BCUT2D eigenvalue weighted by molar-refractivity contribution is 0.679. The molecule has 0 spiro atoms. The van der Waals surface area contributed by atoms with E-state index in [4.69, 9.17) is 11.0 Å². The molecule has 1 heterocycles. The number of nitrogens with one attached hydrogen (secondary N) is 1. The maximum Gasteiger partial charge on any atom is 0.157 e. The molecule has 1 aromatic rings. The topological polar surface area (TPSA) is 74.7 Å². The first kappa shape index (κ1) is 11.9. The highest BCUT2D eigenvalue weighted by Crippen LogP contribution is 2.26. The van der Waals surface area contributed by atoms with Crippen molar-refractivity contribution in [3.05, 3.63) is 17.2 Å². The Balaban J connectivity index is 1.86. The molecule has 0 radical (unpaired) electrons. The van der Waals surface area contributed by atoms with Gasteiger partial charge in [0.15, 0.2) is 5.82 Å². The van der Waals surface area contributed by atoms with Gasteiger partial charge in [-0.25, -0.2) is 0 Å².